The van der Waals surface area contributed by atoms with E-state index in [1.54, 1.807) is 24.3 Å². The number of nitrogens with one attached hydrogen (secondary N) is 1. The predicted octanol–water partition coefficient (Wildman–Crippen LogP) is 6.27. The van der Waals surface area contributed by atoms with Gasteiger partial charge in [-0.2, -0.15) is 0 Å². The van der Waals surface area contributed by atoms with Gasteiger partial charge in [-0.1, -0.05) is 38.8 Å². The largest absolute Gasteiger partial charge is 0.493 e. The van der Waals surface area contributed by atoms with Crippen LogP contribution in [0.4, 0.5) is 5.69 Å². The van der Waals surface area contributed by atoms with Crippen molar-refractivity contribution in [2.75, 3.05) is 26.2 Å². The molecular weight excluding hydrogens is 496 g/mol. The number of carbonyl (C=O) groups excluding carboxylic acids is 2. The topological polar surface area (TPSA) is 90.2 Å². The van der Waals surface area contributed by atoms with E-state index in [4.69, 9.17) is 18.6 Å². The Balaban J connectivity index is 1.89. The molecule has 8 nitrogen and oxygen atoms in total. The summed E-state index contributed by atoms with van der Waals surface area (Å²) in [4.78, 5) is 29.6. The minimum atomic E-state index is -1.04. The number of anilines is 1. The van der Waals surface area contributed by atoms with E-state index in [2.05, 4.69) is 19.2 Å². The average Bonchev–Trinajstić information content (AvgIpc) is 3.69. The van der Waals surface area contributed by atoms with Gasteiger partial charge in [-0.15, -0.1) is 0 Å². The summed E-state index contributed by atoms with van der Waals surface area (Å²) < 4.78 is 22.2. The molecule has 0 unspecified atom stereocenters. The van der Waals surface area contributed by atoms with Crippen LogP contribution in [0.2, 0.25) is 0 Å². The van der Waals surface area contributed by atoms with Gasteiger partial charge < -0.3 is 23.9 Å². The van der Waals surface area contributed by atoms with Gasteiger partial charge in [0.25, 0.3) is 5.91 Å². The maximum absolute atomic E-state index is 14.1. The van der Waals surface area contributed by atoms with E-state index < -0.39 is 11.9 Å². The maximum atomic E-state index is 14.1. The Morgan fingerprint density at radius 2 is 1.62 bits per heavy atom. The van der Waals surface area contributed by atoms with Crippen LogP contribution in [0.3, 0.4) is 0 Å². The summed E-state index contributed by atoms with van der Waals surface area (Å²) in [6.45, 7) is 4.30. The summed E-state index contributed by atoms with van der Waals surface area (Å²) >= 11 is 0. The smallest absolute Gasteiger partial charge is 0.294 e. The van der Waals surface area contributed by atoms with Gasteiger partial charge in [0, 0.05) is 11.7 Å². The highest BCUT2D eigenvalue weighted by molar-refractivity contribution is 6.08. The van der Waals surface area contributed by atoms with E-state index in [-0.39, 0.29) is 17.7 Å². The number of carbonyl (C=O) groups is 2. The number of ether oxygens (including phenoxy) is 3. The number of benzene rings is 2. The summed E-state index contributed by atoms with van der Waals surface area (Å²) in [6, 6.07) is 13.5. The number of amides is 2. The van der Waals surface area contributed by atoms with Crippen molar-refractivity contribution < 1.29 is 28.2 Å². The Bertz CT molecular complexity index is 1220. The fraction of sp³-hybridized carbons (Fsp3) is 0.419. The van der Waals surface area contributed by atoms with Gasteiger partial charge in [0.05, 0.1) is 27.6 Å². The molecule has 2 atom stereocenters. The third-order valence-electron chi connectivity index (χ3n) is 7.51. The standard InChI is InChI=1S/C31H38N2O6/c1-6-20(2)21-13-15-24(16-14-21)33(31(35)25-12-9-17-39-25)28(30(34)32-23-10-7-8-11-23)22-18-26(36-3)29(38-5)27(19-22)37-4/h9,12-20,23,28H,6-8,10-11H2,1-5H3,(H,32,34)/t20-,28+/m1/s1. The molecule has 0 bridgehead atoms. The Morgan fingerprint density at radius 1 is 0.974 bits per heavy atom. The van der Waals surface area contributed by atoms with Crippen LogP contribution in [0.5, 0.6) is 17.2 Å². The summed E-state index contributed by atoms with van der Waals surface area (Å²) in [5.41, 5.74) is 2.25. The molecule has 1 aliphatic rings. The van der Waals surface area contributed by atoms with E-state index in [1.165, 1.54) is 32.5 Å². The minimum absolute atomic E-state index is 0.0513. The number of hydrogen-bond donors (Lipinski definition) is 1. The molecule has 1 aliphatic carbocycles. The first-order chi connectivity index (χ1) is 18.9. The second-order valence-electron chi connectivity index (χ2n) is 9.90. The van der Waals surface area contributed by atoms with Crippen molar-refractivity contribution in [3.63, 3.8) is 0 Å². The highest BCUT2D eigenvalue weighted by Gasteiger charge is 2.37. The van der Waals surface area contributed by atoms with Crippen molar-refractivity contribution in [3.05, 3.63) is 71.7 Å². The third-order valence-corrected chi connectivity index (χ3v) is 7.51. The van der Waals surface area contributed by atoms with Crippen LogP contribution in [0, 0.1) is 0 Å². The number of nitrogens with zero attached hydrogens (tertiary/aromatic N) is 1. The van der Waals surface area contributed by atoms with Gasteiger partial charge in [0.15, 0.2) is 17.3 Å². The molecule has 208 valence electrons. The third kappa shape index (κ3) is 6.05. The molecule has 0 spiro atoms. The van der Waals surface area contributed by atoms with Crippen LogP contribution < -0.4 is 24.4 Å². The van der Waals surface area contributed by atoms with Crippen LogP contribution >= 0.6 is 0 Å². The highest BCUT2D eigenvalue weighted by atomic mass is 16.5. The molecule has 1 aromatic heterocycles. The first-order valence-electron chi connectivity index (χ1n) is 13.5. The Morgan fingerprint density at radius 3 is 2.13 bits per heavy atom. The quantitative estimate of drug-likeness (QED) is 0.312. The molecule has 8 heteroatoms. The molecule has 39 heavy (non-hydrogen) atoms. The fourth-order valence-electron chi connectivity index (χ4n) is 5.13. The summed E-state index contributed by atoms with van der Waals surface area (Å²) in [6.07, 6.45) is 6.38. The lowest BCUT2D eigenvalue weighted by molar-refractivity contribution is -0.123. The molecule has 3 aromatic rings. The van der Waals surface area contributed by atoms with E-state index in [1.807, 2.05) is 24.3 Å². The molecule has 1 heterocycles. The lowest BCUT2D eigenvalue weighted by Gasteiger charge is -2.32. The van der Waals surface area contributed by atoms with E-state index in [9.17, 15) is 9.59 Å². The lowest BCUT2D eigenvalue weighted by Crippen LogP contribution is -2.46. The van der Waals surface area contributed by atoms with Crippen LogP contribution in [0.15, 0.2) is 59.2 Å². The average molecular weight is 535 g/mol. The number of rotatable bonds is 11. The van der Waals surface area contributed by atoms with Gasteiger partial charge in [0.2, 0.25) is 11.7 Å². The second-order valence-corrected chi connectivity index (χ2v) is 9.90. The summed E-state index contributed by atoms with van der Waals surface area (Å²) in [7, 11) is 4.57. The Labute approximate surface area is 230 Å². The molecular formula is C31H38N2O6. The molecule has 1 N–H and O–H groups in total. The Hall–Kier alpha value is -3.94. The van der Waals surface area contributed by atoms with Crippen LogP contribution in [0.1, 0.15) is 79.6 Å². The van der Waals surface area contributed by atoms with Gasteiger partial charge in [0.1, 0.15) is 6.04 Å². The van der Waals surface area contributed by atoms with Crippen molar-refractivity contribution >= 4 is 17.5 Å². The zero-order valence-electron chi connectivity index (χ0n) is 23.4. The molecule has 2 aromatic carbocycles. The predicted molar refractivity (Wildman–Crippen MR) is 150 cm³/mol. The van der Waals surface area contributed by atoms with Crippen LogP contribution in [-0.4, -0.2) is 39.2 Å². The van der Waals surface area contributed by atoms with Crippen molar-refractivity contribution in [2.45, 2.75) is 64.0 Å². The van der Waals surface area contributed by atoms with Crippen molar-refractivity contribution in [1.29, 1.82) is 0 Å². The zero-order chi connectivity index (χ0) is 27.9. The highest BCUT2D eigenvalue weighted by Crippen LogP contribution is 2.42. The van der Waals surface area contributed by atoms with Gasteiger partial charge >= 0.3 is 0 Å². The molecule has 1 fully saturated rings. The second kappa shape index (κ2) is 12.7. The minimum Gasteiger partial charge on any atom is -0.493 e. The van der Waals surface area contributed by atoms with Crippen molar-refractivity contribution in [3.8, 4) is 17.2 Å². The number of methoxy groups -OCH3 is 3. The lowest BCUT2D eigenvalue weighted by atomic mass is 9.97. The first-order valence-corrected chi connectivity index (χ1v) is 13.5. The molecule has 0 saturated heterocycles. The first kappa shape index (κ1) is 28.1. The molecule has 2 amide bonds. The maximum Gasteiger partial charge on any atom is 0.294 e. The molecule has 1 saturated carbocycles. The Kier molecular flexibility index (Phi) is 9.17. The molecule has 0 radical (unpaired) electrons. The number of hydrogen-bond acceptors (Lipinski definition) is 6. The van der Waals surface area contributed by atoms with Crippen molar-refractivity contribution in [1.82, 2.24) is 5.32 Å². The van der Waals surface area contributed by atoms with Crippen molar-refractivity contribution in [2.24, 2.45) is 0 Å². The van der Waals surface area contributed by atoms with Crippen LogP contribution in [-0.2, 0) is 4.79 Å². The fourth-order valence-corrected chi connectivity index (χ4v) is 5.13. The molecule has 0 aliphatic heterocycles. The normalized spacial score (nSPS) is 14.9. The van der Waals surface area contributed by atoms with Gasteiger partial charge in [-0.05, 0) is 72.7 Å². The summed E-state index contributed by atoms with van der Waals surface area (Å²) in [5.74, 6) is 0.960. The summed E-state index contributed by atoms with van der Waals surface area (Å²) in [5, 5.41) is 3.19. The van der Waals surface area contributed by atoms with E-state index in [0.29, 0.717) is 34.4 Å². The monoisotopic (exact) mass is 534 g/mol. The van der Waals surface area contributed by atoms with Gasteiger partial charge in [-0.3, -0.25) is 14.5 Å². The zero-order valence-corrected chi connectivity index (χ0v) is 23.4. The van der Waals surface area contributed by atoms with Crippen LogP contribution in [0.25, 0.3) is 0 Å². The molecule has 4 rings (SSSR count). The van der Waals surface area contributed by atoms with E-state index in [0.717, 1.165) is 37.7 Å². The number of furan rings is 1. The van der Waals surface area contributed by atoms with Gasteiger partial charge in [-0.25, -0.2) is 0 Å². The SMILES string of the molecule is CC[C@@H](C)c1ccc(N(C(=O)c2ccco2)[C@H](C(=O)NC2CCCC2)c2cc(OC)c(OC)c(OC)c2)cc1. The van der Waals surface area contributed by atoms with E-state index >= 15 is 0 Å².